The second-order valence-electron chi connectivity index (χ2n) is 8.88. The highest BCUT2D eigenvalue weighted by Gasteiger charge is 2.34. The Morgan fingerprint density at radius 3 is 1.27 bits per heavy atom. The number of para-hydroxylation sites is 2. The number of rotatable bonds is 10. The zero-order valence-electron chi connectivity index (χ0n) is 21.2. The first-order valence-electron chi connectivity index (χ1n) is 12.1. The molecular formula is C30H22Cl2N2O6S. The molecule has 0 aliphatic rings. The van der Waals surface area contributed by atoms with Crippen molar-refractivity contribution in [3.05, 3.63) is 162 Å². The van der Waals surface area contributed by atoms with Crippen molar-refractivity contribution in [2.45, 2.75) is 10.5 Å². The van der Waals surface area contributed by atoms with Crippen LogP contribution in [-0.4, -0.2) is 18.3 Å². The van der Waals surface area contributed by atoms with Gasteiger partial charge in [0.1, 0.15) is 10.5 Å². The van der Waals surface area contributed by atoms with Crippen LogP contribution in [0, 0.1) is 20.2 Å². The molecule has 4 aromatic carbocycles. The molecule has 0 saturated carbocycles. The smallest absolute Gasteiger partial charge is 0.258 e. The molecule has 0 aliphatic heterocycles. The van der Waals surface area contributed by atoms with Crippen LogP contribution in [0.15, 0.2) is 109 Å². The molecule has 0 aliphatic carbocycles. The van der Waals surface area contributed by atoms with Crippen molar-refractivity contribution < 1.29 is 18.3 Å². The average Bonchev–Trinajstić information content (AvgIpc) is 2.95. The Morgan fingerprint density at radius 2 is 0.927 bits per heavy atom. The molecule has 0 radical (unpaired) electrons. The Kier molecular flexibility index (Phi) is 9.34. The molecule has 208 valence electrons. The summed E-state index contributed by atoms with van der Waals surface area (Å²) < 4.78 is 28.9. The van der Waals surface area contributed by atoms with Crippen LogP contribution < -0.4 is 0 Å². The summed E-state index contributed by atoms with van der Waals surface area (Å²) in [5, 5.41) is 21.4. The van der Waals surface area contributed by atoms with E-state index in [9.17, 15) is 28.6 Å². The van der Waals surface area contributed by atoms with Crippen LogP contribution in [0.25, 0.3) is 12.2 Å². The van der Waals surface area contributed by atoms with E-state index in [2.05, 4.69) is 0 Å². The molecule has 0 bridgehead atoms. The SMILES string of the molecule is O=[N+]([O-])c1ccccc1C=CC(c1ccc(Cl)cc1)S(=O)(=O)C(C=Cc1ccccc1[N+](=O)[O-])c1ccc(Cl)cc1. The Bertz CT molecular complexity index is 1610. The minimum Gasteiger partial charge on any atom is -0.258 e. The zero-order chi connectivity index (χ0) is 29.6. The number of hydrogen-bond donors (Lipinski definition) is 0. The highest BCUT2D eigenvalue weighted by molar-refractivity contribution is 7.92. The lowest BCUT2D eigenvalue weighted by molar-refractivity contribution is -0.385. The maximum Gasteiger partial charge on any atom is 0.276 e. The summed E-state index contributed by atoms with van der Waals surface area (Å²) >= 11 is 12.1. The minimum atomic E-state index is -4.20. The first-order chi connectivity index (χ1) is 19.6. The van der Waals surface area contributed by atoms with E-state index in [1.807, 2.05) is 0 Å². The normalized spacial score (nSPS) is 13.3. The molecule has 8 nitrogen and oxygen atoms in total. The third-order valence-electron chi connectivity index (χ3n) is 6.27. The summed E-state index contributed by atoms with van der Waals surface area (Å²) in [6, 6.07) is 24.5. The van der Waals surface area contributed by atoms with Crippen molar-refractivity contribution in [2.24, 2.45) is 0 Å². The average molecular weight is 609 g/mol. The number of sulfone groups is 1. The summed E-state index contributed by atoms with van der Waals surface area (Å²) in [7, 11) is -4.20. The molecular weight excluding hydrogens is 587 g/mol. The van der Waals surface area contributed by atoms with Crippen LogP contribution in [0.4, 0.5) is 11.4 Å². The van der Waals surface area contributed by atoms with Crippen molar-refractivity contribution in [3.63, 3.8) is 0 Å². The van der Waals surface area contributed by atoms with E-state index >= 15 is 0 Å². The van der Waals surface area contributed by atoms with Crippen molar-refractivity contribution in [2.75, 3.05) is 0 Å². The summed E-state index contributed by atoms with van der Waals surface area (Å²) in [5.74, 6) is 0. The number of benzene rings is 4. The third-order valence-corrected chi connectivity index (χ3v) is 9.05. The van der Waals surface area contributed by atoms with E-state index in [0.29, 0.717) is 21.2 Å². The Balaban J connectivity index is 1.88. The van der Waals surface area contributed by atoms with Gasteiger partial charge in [-0.05, 0) is 47.5 Å². The Labute approximate surface area is 246 Å². The Morgan fingerprint density at radius 1 is 0.585 bits per heavy atom. The van der Waals surface area contributed by atoms with Gasteiger partial charge < -0.3 is 0 Å². The molecule has 0 aromatic heterocycles. The molecule has 4 rings (SSSR count). The number of nitrogens with zero attached hydrogens (tertiary/aromatic N) is 2. The lowest BCUT2D eigenvalue weighted by Crippen LogP contribution is -2.19. The number of halogens is 2. The van der Waals surface area contributed by atoms with E-state index in [0.717, 1.165) is 0 Å². The highest BCUT2D eigenvalue weighted by Crippen LogP contribution is 2.38. The first-order valence-corrected chi connectivity index (χ1v) is 14.5. The van der Waals surface area contributed by atoms with Crippen LogP contribution in [0.3, 0.4) is 0 Å². The van der Waals surface area contributed by atoms with Gasteiger partial charge in [0.25, 0.3) is 11.4 Å². The van der Waals surface area contributed by atoms with Gasteiger partial charge in [-0.1, -0.05) is 96.0 Å². The predicted octanol–water partition coefficient (Wildman–Crippen LogP) is 8.43. The minimum absolute atomic E-state index is 0.179. The van der Waals surface area contributed by atoms with E-state index < -0.39 is 30.2 Å². The van der Waals surface area contributed by atoms with E-state index in [1.54, 1.807) is 60.7 Å². The Hall–Kier alpha value is -4.31. The molecule has 0 saturated heterocycles. The van der Waals surface area contributed by atoms with Gasteiger partial charge in [0, 0.05) is 22.2 Å². The second-order valence-corrected chi connectivity index (χ2v) is 12.0. The van der Waals surface area contributed by atoms with Crippen LogP contribution in [-0.2, 0) is 9.84 Å². The fraction of sp³-hybridized carbons (Fsp3) is 0.0667. The molecule has 0 fully saturated rings. The molecule has 4 aromatic rings. The van der Waals surface area contributed by atoms with Crippen LogP contribution >= 0.6 is 23.2 Å². The monoisotopic (exact) mass is 608 g/mol. The van der Waals surface area contributed by atoms with Gasteiger partial charge in [-0.15, -0.1) is 0 Å². The number of hydrogen-bond acceptors (Lipinski definition) is 6. The van der Waals surface area contributed by atoms with Gasteiger partial charge in [0.05, 0.1) is 21.0 Å². The molecule has 11 heteroatoms. The van der Waals surface area contributed by atoms with Crippen molar-refractivity contribution >= 4 is 56.6 Å². The summed E-state index contributed by atoms with van der Waals surface area (Å²) in [6.07, 6.45) is 5.59. The lowest BCUT2D eigenvalue weighted by atomic mass is 10.1. The van der Waals surface area contributed by atoms with Crippen molar-refractivity contribution in [1.29, 1.82) is 0 Å². The van der Waals surface area contributed by atoms with Crippen molar-refractivity contribution in [3.8, 4) is 0 Å². The third kappa shape index (κ3) is 7.07. The standard InChI is InChI=1S/C30H22Cl2N2O6S/c31-25-15-9-23(10-16-25)29(19-13-21-5-1-3-7-27(21)33(35)36)41(39,40)30(24-11-17-26(32)18-12-24)20-14-22-6-2-4-8-28(22)34(37)38/h1-20,29-30H. The lowest BCUT2D eigenvalue weighted by Gasteiger charge is -2.22. The van der Waals surface area contributed by atoms with Crippen molar-refractivity contribution in [1.82, 2.24) is 0 Å². The first kappa shape index (κ1) is 29.7. The topological polar surface area (TPSA) is 120 Å². The zero-order valence-corrected chi connectivity index (χ0v) is 23.5. The number of nitro groups is 2. The maximum absolute atomic E-state index is 14.4. The maximum atomic E-state index is 14.4. The van der Waals surface area contributed by atoms with E-state index in [4.69, 9.17) is 23.2 Å². The predicted molar refractivity (Wildman–Crippen MR) is 162 cm³/mol. The number of nitro benzene ring substituents is 2. The van der Waals surface area contributed by atoms with Crippen LogP contribution in [0.2, 0.25) is 10.0 Å². The fourth-order valence-corrected chi connectivity index (χ4v) is 6.49. The molecule has 0 heterocycles. The van der Waals surface area contributed by atoms with Crippen LogP contribution in [0.1, 0.15) is 32.8 Å². The summed E-state index contributed by atoms with van der Waals surface area (Å²) in [6.45, 7) is 0. The second kappa shape index (κ2) is 12.9. The van der Waals surface area contributed by atoms with Gasteiger partial charge in [0.2, 0.25) is 0 Å². The summed E-state index contributed by atoms with van der Waals surface area (Å²) in [4.78, 5) is 22.0. The van der Waals surface area contributed by atoms with Crippen LogP contribution in [0.5, 0.6) is 0 Å². The molecule has 41 heavy (non-hydrogen) atoms. The van der Waals surface area contributed by atoms with Gasteiger partial charge in [-0.25, -0.2) is 8.42 Å². The van der Waals surface area contributed by atoms with Gasteiger partial charge in [-0.3, -0.25) is 20.2 Å². The molecule has 2 unspecified atom stereocenters. The van der Waals surface area contributed by atoms with Gasteiger partial charge in [-0.2, -0.15) is 0 Å². The largest absolute Gasteiger partial charge is 0.276 e. The van der Waals surface area contributed by atoms with Gasteiger partial charge in [0.15, 0.2) is 9.84 Å². The molecule has 0 N–H and O–H groups in total. The molecule has 2 atom stereocenters. The summed E-state index contributed by atoms with van der Waals surface area (Å²) in [5.41, 5.74) is 0.850. The highest BCUT2D eigenvalue weighted by atomic mass is 35.5. The molecule has 0 amide bonds. The fourth-order valence-electron chi connectivity index (χ4n) is 4.26. The van der Waals surface area contributed by atoms with Gasteiger partial charge >= 0.3 is 0 Å². The quantitative estimate of drug-likeness (QED) is 0.131. The molecule has 0 spiro atoms. The van der Waals surface area contributed by atoms with E-state index in [1.165, 1.54) is 60.7 Å². The van der Waals surface area contributed by atoms with E-state index in [-0.39, 0.29) is 22.5 Å².